The number of carbonyl (C=O) groups is 1. The predicted molar refractivity (Wildman–Crippen MR) is 267 cm³/mol. The van der Waals surface area contributed by atoms with Gasteiger partial charge in [-0.1, -0.05) is 44.5 Å². The molecule has 2 aliphatic carbocycles. The van der Waals surface area contributed by atoms with E-state index in [-0.39, 0.29) is 75.5 Å². The summed E-state index contributed by atoms with van der Waals surface area (Å²) in [5.41, 5.74) is 2.66. The summed E-state index contributed by atoms with van der Waals surface area (Å²) in [6.07, 6.45) is 8.91. The zero-order valence-electron chi connectivity index (χ0n) is 40.8. The average Bonchev–Trinajstić information content (AvgIpc) is 3.97. The Kier molecular flexibility index (Phi) is 12.6. The number of aliphatic hydroxyl groups is 1. The largest absolute Gasteiger partial charge is 0.489 e. The summed E-state index contributed by atoms with van der Waals surface area (Å²) in [7, 11) is -4.77. The molecule has 19 heteroatoms. The molecule has 5 fully saturated rings. The lowest BCUT2D eigenvalue weighted by molar-refractivity contribution is -0.384. The number of sulfonamides is 1. The van der Waals surface area contributed by atoms with Gasteiger partial charge in [-0.2, -0.15) is 4.98 Å². The van der Waals surface area contributed by atoms with Crippen LogP contribution in [0, 0.1) is 27.3 Å². The van der Waals surface area contributed by atoms with Crippen molar-refractivity contribution in [1.82, 2.24) is 19.6 Å². The zero-order valence-corrected chi connectivity index (χ0v) is 41.6. The number of aromatic nitrogens is 2. The van der Waals surface area contributed by atoms with E-state index in [1.807, 2.05) is 0 Å². The van der Waals surface area contributed by atoms with Crippen LogP contribution in [0.2, 0.25) is 0 Å². The third kappa shape index (κ3) is 9.32. The van der Waals surface area contributed by atoms with Crippen molar-refractivity contribution in [3.05, 3.63) is 99.5 Å². The molecule has 11 rings (SSSR count). The Hall–Kier alpha value is -6.02. The number of H-pyrrole nitrogens is 1. The number of halogens is 1. The van der Waals surface area contributed by atoms with Crippen LogP contribution in [-0.4, -0.2) is 109 Å². The van der Waals surface area contributed by atoms with E-state index in [4.69, 9.17) is 18.9 Å². The summed E-state index contributed by atoms with van der Waals surface area (Å²) in [4.78, 5) is 37.9. The molecule has 72 heavy (non-hydrogen) atoms. The van der Waals surface area contributed by atoms with Crippen molar-refractivity contribution in [2.24, 2.45) is 11.3 Å². The summed E-state index contributed by atoms with van der Waals surface area (Å²) in [6.45, 7) is 10.7. The van der Waals surface area contributed by atoms with Gasteiger partial charge in [0.05, 0.1) is 45.6 Å². The van der Waals surface area contributed by atoms with E-state index < -0.39 is 42.9 Å². The van der Waals surface area contributed by atoms with Crippen LogP contribution in [0.1, 0.15) is 112 Å². The summed E-state index contributed by atoms with van der Waals surface area (Å²) in [6, 6.07) is 17.6. The molecule has 5 aromatic rings. The molecule has 0 bridgehead atoms. The Morgan fingerprint density at radius 1 is 1.00 bits per heavy atom. The quantitative estimate of drug-likeness (QED) is 0.0642. The van der Waals surface area contributed by atoms with Gasteiger partial charge in [0.1, 0.15) is 29.9 Å². The molecular weight excluding hydrogens is 946 g/mol. The lowest BCUT2D eigenvalue weighted by atomic mass is 9.70. The molecule has 4 N–H and O–H groups in total. The number of nitro groups is 1. The highest BCUT2D eigenvalue weighted by Gasteiger charge is 2.50. The first-order valence-electron chi connectivity index (χ1n) is 25.4. The van der Waals surface area contributed by atoms with E-state index in [2.05, 4.69) is 67.9 Å². The highest BCUT2D eigenvalue weighted by Crippen LogP contribution is 2.50. The van der Waals surface area contributed by atoms with Gasteiger partial charge in [-0.25, -0.2) is 17.5 Å². The molecule has 3 atom stereocenters. The Morgan fingerprint density at radius 2 is 1.76 bits per heavy atom. The Labute approximate surface area is 418 Å². The molecule has 1 spiro atoms. The number of anilines is 2. The van der Waals surface area contributed by atoms with Gasteiger partial charge < -0.3 is 39.3 Å². The van der Waals surface area contributed by atoms with Crippen molar-refractivity contribution in [2.75, 3.05) is 56.2 Å². The maximum absolute atomic E-state index is 15.1. The molecule has 3 aromatic carbocycles. The molecule has 6 heterocycles. The molecule has 4 aliphatic heterocycles. The van der Waals surface area contributed by atoms with Crippen LogP contribution < -0.4 is 29.1 Å². The fraction of sp³-hybridized carbons (Fsp3) is 0.509. The molecular formula is C53H62FN7O10S. The van der Waals surface area contributed by atoms with Crippen LogP contribution in [0.5, 0.6) is 23.1 Å². The van der Waals surface area contributed by atoms with Gasteiger partial charge >= 0.3 is 0 Å². The fourth-order valence-electron chi connectivity index (χ4n) is 12.1. The molecule has 3 saturated heterocycles. The molecule has 382 valence electrons. The molecule has 0 unspecified atom stereocenters. The van der Waals surface area contributed by atoms with Gasteiger partial charge in [0.2, 0.25) is 0 Å². The SMILES string of the molecule is CC(C)c1ccccc1[C@H]1CCC[C@H]1N1CC2(CCN(c3ccc(C(=O)NS(=O)(=O)c4cc5c(c([N+](=O)[O-])c4)N[C@@H]([C@H]4CC[C@](C)(O)CC4)CO5)c(Oc4cc5c(F)c[nH]c5nc4OC4COC4)c3)CC2)C1. The van der Waals surface area contributed by atoms with Crippen molar-refractivity contribution in [3.63, 3.8) is 0 Å². The number of amides is 1. The second-order valence-electron chi connectivity index (χ2n) is 21.6. The zero-order chi connectivity index (χ0) is 50.1. The first-order valence-corrected chi connectivity index (χ1v) is 26.8. The van der Waals surface area contributed by atoms with Crippen molar-refractivity contribution in [3.8, 4) is 23.1 Å². The molecule has 0 radical (unpaired) electrons. The molecule has 17 nitrogen and oxygen atoms in total. The summed E-state index contributed by atoms with van der Waals surface area (Å²) in [5.74, 6) is -0.663. The second-order valence-corrected chi connectivity index (χ2v) is 23.3. The summed E-state index contributed by atoms with van der Waals surface area (Å²) >= 11 is 0. The predicted octanol–water partition coefficient (Wildman–Crippen LogP) is 8.77. The van der Waals surface area contributed by atoms with Gasteiger partial charge in [-0.15, -0.1) is 0 Å². The number of benzene rings is 3. The van der Waals surface area contributed by atoms with Crippen LogP contribution in [0.4, 0.5) is 21.5 Å². The standard InChI is InChI=1S/C53H62FN7O10S/c1-31(2)36-7-4-5-8-37(36)38-9-6-10-43(38)60-29-53(30-60)17-19-59(20-18-53)33-11-12-39(45(21-33)71-47-24-40-41(54)25-55-49(40)57-51(47)70-34-26-68-27-34)50(62)58-72(66,67)35-22-44(61(64)65)48-46(23-35)69-28-42(56-48)32-13-15-52(3,63)16-14-32/h4-5,7-8,11-12,21-25,31-32,34,38,42-43,56,63H,6,9-10,13-20,26-30H2,1-3H3,(H,55,57)(H,58,62)/t32-,38-,42-,43-,52-/m1/s1. The molecule has 2 aromatic heterocycles. The third-order valence-corrected chi connectivity index (χ3v) is 17.6. The third-order valence-electron chi connectivity index (χ3n) is 16.3. The molecule has 1 amide bonds. The number of fused-ring (bicyclic) bond motifs is 2. The lowest BCUT2D eigenvalue weighted by Gasteiger charge is -2.57. The number of piperidine rings is 1. The summed E-state index contributed by atoms with van der Waals surface area (Å²) in [5, 5.41) is 26.3. The minimum absolute atomic E-state index is 0.0118. The number of nitrogens with zero attached hydrogens (tertiary/aromatic N) is 4. The minimum atomic E-state index is -4.77. The smallest absolute Gasteiger partial charge is 0.297 e. The first kappa shape index (κ1) is 48.3. The van der Waals surface area contributed by atoms with E-state index in [0.29, 0.717) is 56.8 Å². The van der Waals surface area contributed by atoms with E-state index >= 15 is 4.39 Å². The molecule has 6 aliphatic rings. The number of ether oxygens (including phenoxy) is 4. The van der Waals surface area contributed by atoms with Crippen LogP contribution in [-0.2, 0) is 14.8 Å². The number of nitro benzene ring substituents is 1. The van der Waals surface area contributed by atoms with Crippen molar-refractivity contribution < 1.29 is 46.6 Å². The molecule has 2 saturated carbocycles. The summed E-state index contributed by atoms with van der Waals surface area (Å²) < 4.78 is 69.4. The van der Waals surface area contributed by atoms with Gasteiger partial charge in [0.15, 0.2) is 17.2 Å². The number of hydrogen-bond donors (Lipinski definition) is 4. The normalized spacial score (nSPS) is 25.3. The van der Waals surface area contributed by atoms with Crippen molar-refractivity contribution >= 4 is 44.0 Å². The highest BCUT2D eigenvalue weighted by atomic mass is 32.2. The fourth-order valence-corrected chi connectivity index (χ4v) is 13.1. The average molecular weight is 1010 g/mol. The van der Waals surface area contributed by atoms with Crippen molar-refractivity contribution in [1.29, 1.82) is 0 Å². The number of rotatable bonds is 13. The minimum Gasteiger partial charge on any atom is -0.489 e. The second kappa shape index (κ2) is 18.8. The van der Waals surface area contributed by atoms with Crippen LogP contribution in [0.15, 0.2) is 71.8 Å². The van der Waals surface area contributed by atoms with Crippen LogP contribution in [0.25, 0.3) is 11.0 Å². The lowest BCUT2D eigenvalue weighted by Crippen LogP contribution is -2.63. The number of carbonyl (C=O) groups excluding carboxylic acids is 1. The highest BCUT2D eigenvalue weighted by molar-refractivity contribution is 7.90. The van der Waals surface area contributed by atoms with Gasteiger partial charge in [0, 0.05) is 68.4 Å². The van der Waals surface area contributed by atoms with E-state index in [1.54, 1.807) is 19.1 Å². The van der Waals surface area contributed by atoms with Gasteiger partial charge in [-0.05, 0) is 105 Å². The van der Waals surface area contributed by atoms with Crippen LogP contribution >= 0.6 is 0 Å². The Balaban J connectivity index is 0.846. The van der Waals surface area contributed by atoms with Gasteiger partial charge in [0.25, 0.3) is 27.5 Å². The number of nitrogens with one attached hydrogen (secondary N) is 3. The van der Waals surface area contributed by atoms with Crippen molar-refractivity contribution in [2.45, 2.75) is 119 Å². The maximum atomic E-state index is 15.1. The number of aromatic amines is 1. The number of likely N-dealkylation sites (tertiary alicyclic amines) is 1. The maximum Gasteiger partial charge on any atom is 0.297 e. The number of hydrogen-bond acceptors (Lipinski definition) is 14. The van der Waals surface area contributed by atoms with E-state index in [0.717, 1.165) is 63.0 Å². The first-order chi connectivity index (χ1) is 34.5. The van der Waals surface area contributed by atoms with E-state index in [1.165, 1.54) is 42.5 Å². The van der Waals surface area contributed by atoms with Crippen LogP contribution in [0.3, 0.4) is 0 Å². The van der Waals surface area contributed by atoms with E-state index in [9.17, 15) is 28.4 Å². The van der Waals surface area contributed by atoms with Gasteiger partial charge in [-0.3, -0.25) is 19.8 Å². The Morgan fingerprint density at radius 3 is 2.49 bits per heavy atom. The Bertz CT molecular complexity index is 3010. The topological polar surface area (TPSA) is 211 Å². The monoisotopic (exact) mass is 1010 g/mol. The number of pyridine rings is 1.